The largest absolute Gasteiger partial charge is 0.368 e. The average molecular weight is 248 g/mol. The first-order chi connectivity index (χ1) is 7.43. The van der Waals surface area contributed by atoms with Crippen molar-refractivity contribution >= 4 is 29.4 Å². The molecule has 0 aromatic heterocycles. The molecule has 1 rings (SSSR count). The molecule has 16 heavy (non-hydrogen) atoms. The molecule has 0 saturated carbocycles. The molecule has 0 aliphatic carbocycles. The Hall–Kier alpha value is -1.30. The van der Waals surface area contributed by atoms with Gasteiger partial charge in [0.25, 0.3) is 0 Å². The van der Waals surface area contributed by atoms with Crippen LogP contribution in [0, 0.1) is 0 Å². The van der Waals surface area contributed by atoms with Crippen LogP contribution >= 0.6 is 11.6 Å². The Morgan fingerprint density at radius 1 is 1.50 bits per heavy atom. The molecule has 7 heteroatoms. The van der Waals surface area contributed by atoms with Gasteiger partial charge in [0.15, 0.2) is 0 Å². The summed E-state index contributed by atoms with van der Waals surface area (Å²) in [7, 11) is 0. The quantitative estimate of drug-likeness (QED) is 0.662. The number of nitrogens with zero attached hydrogens (tertiary/aromatic N) is 1. The number of nitrogens with two attached hydrogens (primary N) is 1. The van der Waals surface area contributed by atoms with E-state index >= 15 is 0 Å². The molecule has 6 nitrogen and oxygen atoms in total. The second-order valence-corrected chi connectivity index (χ2v) is 4.32. The summed E-state index contributed by atoms with van der Waals surface area (Å²) in [5.74, 6) is -1.14. The monoisotopic (exact) mass is 247 g/mol. The van der Waals surface area contributed by atoms with Gasteiger partial charge >= 0.3 is 6.03 Å². The van der Waals surface area contributed by atoms with Gasteiger partial charge in [-0.05, 0) is 19.8 Å². The molecule has 1 aliphatic heterocycles. The maximum absolute atomic E-state index is 11.6. The molecular formula is C9H14ClN3O3. The topological polar surface area (TPSA) is 92.5 Å². The maximum Gasteiger partial charge on any atom is 0.324 e. The zero-order valence-corrected chi connectivity index (χ0v) is 9.66. The van der Waals surface area contributed by atoms with Crippen LogP contribution in [0.5, 0.6) is 0 Å². The first-order valence-electron chi connectivity index (χ1n) is 4.98. The minimum atomic E-state index is -0.793. The van der Waals surface area contributed by atoms with E-state index in [1.165, 1.54) is 11.8 Å². The molecule has 1 heterocycles. The molecule has 2 atom stereocenters. The fraction of sp³-hybridized carbons (Fsp3) is 0.667. The highest BCUT2D eigenvalue weighted by Gasteiger charge is 2.33. The van der Waals surface area contributed by atoms with E-state index in [2.05, 4.69) is 5.32 Å². The predicted octanol–water partition coefficient (Wildman–Crippen LogP) is -0.200. The highest BCUT2D eigenvalue weighted by atomic mass is 35.5. The van der Waals surface area contributed by atoms with Crippen molar-refractivity contribution in [2.75, 3.05) is 6.54 Å². The molecule has 1 saturated heterocycles. The summed E-state index contributed by atoms with van der Waals surface area (Å²) in [5, 5.41) is 1.32. The van der Waals surface area contributed by atoms with Gasteiger partial charge < -0.3 is 10.6 Å². The number of urea groups is 1. The van der Waals surface area contributed by atoms with E-state index in [4.69, 9.17) is 17.3 Å². The lowest BCUT2D eigenvalue weighted by molar-refractivity contribution is -0.122. The Kier molecular flexibility index (Phi) is 4.12. The van der Waals surface area contributed by atoms with Crippen molar-refractivity contribution in [2.24, 2.45) is 5.73 Å². The van der Waals surface area contributed by atoms with Gasteiger partial charge in [0.05, 0.1) is 0 Å². The van der Waals surface area contributed by atoms with Crippen LogP contribution in [0.3, 0.4) is 0 Å². The van der Waals surface area contributed by atoms with Crippen LogP contribution in [0.2, 0.25) is 0 Å². The van der Waals surface area contributed by atoms with Gasteiger partial charge in [-0.2, -0.15) is 0 Å². The van der Waals surface area contributed by atoms with Gasteiger partial charge in [-0.15, -0.1) is 11.6 Å². The average Bonchev–Trinajstić information content (AvgIpc) is 2.65. The number of amides is 4. The van der Waals surface area contributed by atoms with Crippen molar-refractivity contribution in [2.45, 2.75) is 31.2 Å². The van der Waals surface area contributed by atoms with Gasteiger partial charge in [0.2, 0.25) is 11.8 Å². The summed E-state index contributed by atoms with van der Waals surface area (Å²) in [5.41, 5.74) is 5.14. The number of nitrogens with one attached hydrogen (secondary N) is 1. The van der Waals surface area contributed by atoms with E-state index in [-0.39, 0.29) is 0 Å². The van der Waals surface area contributed by atoms with Crippen molar-refractivity contribution in [3.05, 3.63) is 0 Å². The normalized spacial score (nSPS) is 21.6. The highest BCUT2D eigenvalue weighted by molar-refractivity contribution is 6.31. The molecule has 1 fully saturated rings. The Morgan fingerprint density at radius 2 is 2.12 bits per heavy atom. The van der Waals surface area contributed by atoms with Crippen molar-refractivity contribution in [1.82, 2.24) is 10.2 Å². The van der Waals surface area contributed by atoms with Crippen molar-refractivity contribution in [3.63, 3.8) is 0 Å². The summed E-state index contributed by atoms with van der Waals surface area (Å²) >= 11 is 5.50. The molecule has 0 radical (unpaired) electrons. The molecule has 4 amide bonds. The van der Waals surface area contributed by atoms with E-state index in [0.717, 1.165) is 0 Å². The summed E-state index contributed by atoms with van der Waals surface area (Å²) in [4.78, 5) is 35.1. The first-order valence-corrected chi connectivity index (χ1v) is 5.42. The predicted molar refractivity (Wildman–Crippen MR) is 57.8 cm³/mol. The molecule has 3 N–H and O–H groups in total. The molecule has 0 aromatic carbocycles. The molecule has 0 spiro atoms. The SMILES string of the molecule is CC(Cl)C(=O)NC(=O)N1CCCC1C(N)=O. The third kappa shape index (κ3) is 2.85. The molecular weight excluding hydrogens is 234 g/mol. The van der Waals surface area contributed by atoms with Crippen molar-refractivity contribution < 1.29 is 14.4 Å². The fourth-order valence-electron chi connectivity index (χ4n) is 1.58. The molecule has 2 unspecified atom stereocenters. The second-order valence-electron chi connectivity index (χ2n) is 3.66. The number of rotatable bonds is 2. The highest BCUT2D eigenvalue weighted by Crippen LogP contribution is 2.16. The van der Waals surface area contributed by atoms with E-state index in [1.807, 2.05) is 0 Å². The smallest absolute Gasteiger partial charge is 0.324 e. The van der Waals surface area contributed by atoms with Crippen molar-refractivity contribution in [1.29, 1.82) is 0 Å². The van der Waals surface area contributed by atoms with Crippen LogP contribution in [0.4, 0.5) is 4.79 Å². The van der Waals surface area contributed by atoms with Crippen molar-refractivity contribution in [3.8, 4) is 0 Å². The summed E-state index contributed by atoms with van der Waals surface area (Å²) in [6.07, 6.45) is 1.24. The number of primary amides is 1. The maximum atomic E-state index is 11.6. The number of hydrogen-bond donors (Lipinski definition) is 2. The van der Waals surface area contributed by atoms with Crippen LogP contribution in [0.25, 0.3) is 0 Å². The Bertz CT molecular complexity index is 319. The van der Waals surface area contributed by atoms with E-state index < -0.39 is 29.3 Å². The lowest BCUT2D eigenvalue weighted by atomic mass is 10.2. The third-order valence-electron chi connectivity index (χ3n) is 2.43. The summed E-state index contributed by atoms with van der Waals surface area (Å²) < 4.78 is 0. The van der Waals surface area contributed by atoms with E-state index in [0.29, 0.717) is 19.4 Å². The van der Waals surface area contributed by atoms with Crippen LogP contribution in [-0.4, -0.2) is 40.7 Å². The van der Waals surface area contributed by atoms with Gasteiger partial charge in [0, 0.05) is 6.54 Å². The zero-order valence-electron chi connectivity index (χ0n) is 8.90. The molecule has 1 aliphatic rings. The molecule has 0 aromatic rings. The van der Waals surface area contributed by atoms with E-state index in [9.17, 15) is 14.4 Å². The van der Waals surface area contributed by atoms with Gasteiger partial charge in [-0.25, -0.2) is 4.79 Å². The van der Waals surface area contributed by atoms with Gasteiger partial charge in [-0.1, -0.05) is 0 Å². The molecule has 90 valence electrons. The minimum Gasteiger partial charge on any atom is -0.368 e. The third-order valence-corrected chi connectivity index (χ3v) is 2.63. The minimum absolute atomic E-state index is 0.420. The molecule has 0 bridgehead atoms. The Labute approximate surface area is 98.1 Å². The summed E-state index contributed by atoms with van der Waals surface area (Å²) in [6.45, 7) is 1.88. The van der Waals surface area contributed by atoms with Gasteiger partial charge in [0.1, 0.15) is 11.4 Å². The van der Waals surface area contributed by atoms with Crippen LogP contribution < -0.4 is 11.1 Å². The number of alkyl halides is 1. The van der Waals surface area contributed by atoms with Crippen LogP contribution in [-0.2, 0) is 9.59 Å². The number of likely N-dealkylation sites (tertiary alicyclic amines) is 1. The number of carbonyl (C=O) groups is 3. The summed E-state index contributed by atoms with van der Waals surface area (Å²) in [6, 6.07) is -1.24. The Morgan fingerprint density at radius 3 is 2.62 bits per heavy atom. The number of carbonyl (C=O) groups excluding carboxylic acids is 3. The number of imide groups is 1. The lowest BCUT2D eigenvalue weighted by Crippen LogP contribution is -2.50. The fourth-order valence-corrected chi connectivity index (χ4v) is 1.64. The second kappa shape index (κ2) is 5.16. The lowest BCUT2D eigenvalue weighted by Gasteiger charge is -2.22. The number of hydrogen-bond acceptors (Lipinski definition) is 3. The first kappa shape index (κ1) is 12.8. The number of halogens is 1. The van der Waals surface area contributed by atoms with Gasteiger partial charge in [-0.3, -0.25) is 14.9 Å². The van der Waals surface area contributed by atoms with Crippen LogP contribution in [0.1, 0.15) is 19.8 Å². The zero-order chi connectivity index (χ0) is 12.3. The van der Waals surface area contributed by atoms with E-state index in [1.54, 1.807) is 0 Å². The standard InChI is InChI=1S/C9H14ClN3O3/c1-5(10)8(15)12-9(16)13-4-2-3-6(13)7(11)14/h5-6H,2-4H2,1H3,(H2,11,14)(H,12,15,16). The Balaban J connectivity index is 2.60. The van der Waals surface area contributed by atoms with Crippen LogP contribution in [0.15, 0.2) is 0 Å².